The Morgan fingerprint density at radius 3 is 2.74 bits per heavy atom. The van der Waals surface area contributed by atoms with Crippen molar-refractivity contribution in [1.82, 2.24) is 4.98 Å². The predicted octanol–water partition coefficient (Wildman–Crippen LogP) is 4.40. The van der Waals surface area contributed by atoms with Crippen LogP contribution in [0.3, 0.4) is 0 Å². The lowest BCUT2D eigenvalue weighted by Gasteiger charge is -1.96. The predicted molar refractivity (Wildman–Crippen MR) is 82.3 cm³/mol. The summed E-state index contributed by atoms with van der Waals surface area (Å²) in [5.74, 6) is 0. The molecule has 3 nitrogen and oxygen atoms in total. The Labute approximate surface area is 119 Å². The third-order valence-electron chi connectivity index (χ3n) is 2.56. The van der Waals surface area contributed by atoms with Crippen molar-refractivity contribution < 1.29 is 0 Å². The monoisotopic (exact) mass is 287 g/mol. The molecule has 1 N–H and O–H groups in total. The van der Waals surface area contributed by atoms with Crippen LogP contribution < -0.4 is 5.43 Å². The summed E-state index contributed by atoms with van der Waals surface area (Å²) in [4.78, 5) is 4.43. The Bertz CT molecular complexity index is 703. The number of benzene rings is 2. The number of hydrazone groups is 1. The molecule has 0 spiro atoms. The normalized spacial score (nSPS) is 11.2. The fraction of sp³-hybridized carbons (Fsp3) is 0. The van der Waals surface area contributed by atoms with E-state index in [4.69, 9.17) is 11.6 Å². The summed E-state index contributed by atoms with van der Waals surface area (Å²) in [6, 6.07) is 15.5. The standard InChI is InChI=1S/C14H10ClN3S/c15-11-6-2-1-5-10(11)9-16-18-14-17-12-7-3-4-8-13(12)19-14/h1-9H,(H,17,18)/b16-9+. The zero-order valence-electron chi connectivity index (χ0n) is 9.88. The highest BCUT2D eigenvalue weighted by molar-refractivity contribution is 7.22. The van der Waals surface area contributed by atoms with Crippen LogP contribution in [0.25, 0.3) is 10.2 Å². The number of aromatic nitrogens is 1. The number of hydrogen-bond donors (Lipinski definition) is 1. The zero-order valence-corrected chi connectivity index (χ0v) is 11.4. The highest BCUT2D eigenvalue weighted by Gasteiger charge is 2.01. The second-order valence-electron chi connectivity index (χ2n) is 3.88. The minimum absolute atomic E-state index is 0.678. The summed E-state index contributed by atoms with van der Waals surface area (Å²) in [6.07, 6.45) is 1.69. The Kier molecular flexibility index (Phi) is 3.44. The van der Waals surface area contributed by atoms with Crippen LogP contribution in [0.4, 0.5) is 5.13 Å². The number of para-hydroxylation sites is 1. The van der Waals surface area contributed by atoms with Gasteiger partial charge in [0.15, 0.2) is 0 Å². The van der Waals surface area contributed by atoms with Gasteiger partial charge < -0.3 is 0 Å². The van der Waals surface area contributed by atoms with Crippen LogP contribution in [0.5, 0.6) is 0 Å². The molecule has 19 heavy (non-hydrogen) atoms. The number of nitrogens with zero attached hydrogens (tertiary/aromatic N) is 2. The lowest BCUT2D eigenvalue weighted by molar-refractivity contribution is 1.31. The smallest absolute Gasteiger partial charge is 0.204 e. The number of fused-ring (bicyclic) bond motifs is 1. The van der Waals surface area contributed by atoms with E-state index in [1.54, 1.807) is 17.6 Å². The second-order valence-corrected chi connectivity index (χ2v) is 5.32. The van der Waals surface area contributed by atoms with Crippen molar-refractivity contribution in [3.8, 4) is 0 Å². The molecule has 0 saturated carbocycles. The molecule has 0 amide bonds. The van der Waals surface area contributed by atoms with Crippen LogP contribution in [-0.2, 0) is 0 Å². The lowest BCUT2D eigenvalue weighted by Crippen LogP contribution is -1.90. The van der Waals surface area contributed by atoms with Crippen molar-refractivity contribution in [2.45, 2.75) is 0 Å². The Balaban J connectivity index is 1.77. The van der Waals surface area contributed by atoms with E-state index in [1.165, 1.54) is 0 Å². The van der Waals surface area contributed by atoms with Crippen LogP contribution >= 0.6 is 22.9 Å². The van der Waals surface area contributed by atoms with E-state index in [0.717, 1.165) is 20.9 Å². The molecular weight excluding hydrogens is 278 g/mol. The summed E-state index contributed by atoms with van der Waals surface area (Å²) in [6.45, 7) is 0. The molecule has 0 aliphatic rings. The van der Waals surface area contributed by atoms with Crippen molar-refractivity contribution in [3.05, 3.63) is 59.1 Å². The maximum absolute atomic E-state index is 6.04. The lowest BCUT2D eigenvalue weighted by atomic mass is 10.2. The van der Waals surface area contributed by atoms with Crippen LogP contribution in [0, 0.1) is 0 Å². The summed E-state index contributed by atoms with van der Waals surface area (Å²) < 4.78 is 1.14. The average Bonchev–Trinajstić information content (AvgIpc) is 2.83. The molecule has 0 aliphatic heterocycles. The van der Waals surface area contributed by atoms with E-state index >= 15 is 0 Å². The molecule has 0 bridgehead atoms. The summed E-state index contributed by atoms with van der Waals surface area (Å²) in [7, 11) is 0. The first-order chi connectivity index (χ1) is 9.33. The van der Waals surface area contributed by atoms with E-state index in [9.17, 15) is 0 Å². The molecular formula is C14H10ClN3S. The number of anilines is 1. The molecule has 3 aromatic rings. The SMILES string of the molecule is Clc1ccccc1/C=N/Nc1nc2ccccc2s1. The van der Waals surface area contributed by atoms with Gasteiger partial charge in [-0.1, -0.05) is 53.3 Å². The Hall–Kier alpha value is -1.91. The highest BCUT2D eigenvalue weighted by atomic mass is 35.5. The third-order valence-corrected chi connectivity index (χ3v) is 3.85. The van der Waals surface area contributed by atoms with Gasteiger partial charge in [-0.15, -0.1) is 0 Å². The van der Waals surface area contributed by atoms with Gasteiger partial charge >= 0.3 is 0 Å². The highest BCUT2D eigenvalue weighted by Crippen LogP contribution is 2.25. The van der Waals surface area contributed by atoms with Crippen LogP contribution in [0.2, 0.25) is 5.02 Å². The first-order valence-corrected chi connectivity index (χ1v) is 6.91. The largest absolute Gasteiger partial charge is 0.253 e. The van der Waals surface area contributed by atoms with Gasteiger partial charge in [-0.05, 0) is 18.2 Å². The topological polar surface area (TPSA) is 37.3 Å². The van der Waals surface area contributed by atoms with Gasteiger partial charge in [-0.3, -0.25) is 5.43 Å². The van der Waals surface area contributed by atoms with Crippen molar-refractivity contribution in [1.29, 1.82) is 0 Å². The molecule has 3 rings (SSSR count). The molecule has 0 radical (unpaired) electrons. The maximum atomic E-state index is 6.04. The number of rotatable bonds is 3. The number of thiazole rings is 1. The summed E-state index contributed by atoms with van der Waals surface area (Å²) in [5.41, 5.74) is 4.78. The van der Waals surface area contributed by atoms with Crippen LogP contribution in [-0.4, -0.2) is 11.2 Å². The van der Waals surface area contributed by atoms with E-state index < -0.39 is 0 Å². The van der Waals surface area contributed by atoms with Gasteiger partial charge in [0.05, 0.1) is 16.4 Å². The van der Waals surface area contributed by atoms with Crippen molar-refractivity contribution in [3.63, 3.8) is 0 Å². The molecule has 5 heteroatoms. The molecule has 0 fully saturated rings. The molecule has 0 unspecified atom stereocenters. The third kappa shape index (κ3) is 2.75. The molecule has 2 aromatic carbocycles. The van der Waals surface area contributed by atoms with E-state index in [1.807, 2.05) is 48.5 Å². The fourth-order valence-corrected chi connectivity index (χ4v) is 2.66. The van der Waals surface area contributed by atoms with Crippen molar-refractivity contribution >= 4 is 44.5 Å². The molecule has 1 aromatic heterocycles. The van der Waals surface area contributed by atoms with Gasteiger partial charge in [0.25, 0.3) is 0 Å². The van der Waals surface area contributed by atoms with Gasteiger partial charge in [-0.25, -0.2) is 4.98 Å². The van der Waals surface area contributed by atoms with E-state index in [2.05, 4.69) is 15.5 Å². The zero-order chi connectivity index (χ0) is 13.1. The molecule has 1 heterocycles. The van der Waals surface area contributed by atoms with Crippen LogP contribution in [0.1, 0.15) is 5.56 Å². The molecule has 0 aliphatic carbocycles. The Morgan fingerprint density at radius 1 is 1.11 bits per heavy atom. The van der Waals surface area contributed by atoms with Crippen molar-refractivity contribution in [2.75, 3.05) is 5.43 Å². The summed E-state index contributed by atoms with van der Waals surface area (Å²) in [5, 5.41) is 5.60. The average molecular weight is 288 g/mol. The van der Waals surface area contributed by atoms with Crippen molar-refractivity contribution in [2.24, 2.45) is 5.10 Å². The fourth-order valence-electron chi connectivity index (χ4n) is 1.66. The second kappa shape index (κ2) is 5.38. The first-order valence-electron chi connectivity index (χ1n) is 5.72. The molecule has 0 atom stereocenters. The molecule has 94 valence electrons. The van der Waals surface area contributed by atoms with Crippen LogP contribution in [0.15, 0.2) is 53.6 Å². The molecule has 0 saturated heterocycles. The number of nitrogens with one attached hydrogen (secondary N) is 1. The van der Waals surface area contributed by atoms with Gasteiger partial charge in [0, 0.05) is 10.6 Å². The minimum Gasteiger partial charge on any atom is -0.253 e. The first kappa shape index (κ1) is 12.1. The van der Waals surface area contributed by atoms with Gasteiger partial charge in [-0.2, -0.15) is 5.10 Å². The maximum Gasteiger partial charge on any atom is 0.204 e. The Morgan fingerprint density at radius 2 is 1.89 bits per heavy atom. The van der Waals surface area contributed by atoms with Gasteiger partial charge in [0.1, 0.15) is 0 Å². The van der Waals surface area contributed by atoms with E-state index in [-0.39, 0.29) is 0 Å². The summed E-state index contributed by atoms with van der Waals surface area (Å²) >= 11 is 7.61. The van der Waals surface area contributed by atoms with E-state index in [0.29, 0.717) is 5.02 Å². The number of halogens is 1. The minimum atomic E-state index is 0.678. The quantitative estimate of drug-likeness (QED) is 0.573. The number of hydrogen-bond acceptors (Lipinski definition) is 4. The van der Waals surface area contributed by atoms with Gasteiger partial charge in [0.2, 0.25) is 5.13 Å².